The van der Waals surface area contributed by atoms with Crippen LogP contribution in [0.1, 0.15) is 17.1 Å². The van der Waals surface area contributed by atoms with Crippen molar-refractivity contribution in [1.82, 2.24) is 9.80 Å². The fraction of sp³-hybridized carbons (Fsp3) is 0.348. The molecule has 0 amide bonds. The fourth-order valence-electron chi connectivity index (χ4n) is 3.41. The number of aryl methyl sites for hydroxylation is 1. The molecule has 1 aromatic heterocycles. The predicted molar refractivity (Wildman–Crippen MR) is 128 cm³/mol. The van der Waals surface area contributed by atoms with Crippen molar-refractivity contribution >= 4 is 28.8 Å². The van der Waals surface area contributed by atoms with Crippen molar-refractivity contribution in [2.45, 2.75) is 6.92 Å². The van der Waals surface area contributed by atoms with Gasteiger partial charge in [0.25, 0.3) is 0 Å². The molecule has 31 heavy (non-hydrogen) atoms. The lowest BCUT2D eigenvalue weighted by molar-refractivity contribution is 0.157. The zero-order valence-electron chi connectivity index (χ0n) is 18.1. The van der Waals surface area contributed by atoms with Crippen molar-refractivity contribution < 1.29 is 4.42 Å². The van der Waals surface area contributed by atoms with Crippen LogP contribution in [0.5, 0.6) is 0 Å². The number of amidine groups is 1. The summed E-state index contributed by atoms with van der Waals surface area (Å²) in [5, 5.41) is 0.249. The van der Waals surface area contributed by atoms with Gasteiger partial charge in [-0.3, -0.25) is 9.89 Å². The van der Waals surface area contributed by atoms with E-state index in [0.717, 1.165) is 44.0 Å². The van der Waals surface area contributed by atoms with Gasteiger partial charge in [-0.2, -0.15) is 0 Å². The molecular weight excluding hydrogens is 412 g/mol. The van der Waals surface area contributed by atoms with Gasteiger partial charge in [0.2, 0.25) is 0 Å². The molecule has 0 unspecified atom stereocenters. The molecule has 0 spiro atoms. The average Bonchev–Trinajstić information content (AvgIpc) is 3.21. The summed E-state index contributed by atoms with van der Waals surface area (Å²) in [6.07, 6.45) is 0. The third-order valence-corrected chi connectivity index (χ3v) is 5.76. The summed E-state index contributed by atoms with van der Waals surface area (Å²) in [6.45, 7) is 7.35. The quantitative estimate of drug-likeness (QED) is 0.345. The number of rotatable bonds is 7. The summed E-state index contributed by atoms with van der Waals surface area (Å²) in [6, 6.07) is 13.1. The molecule has 1 aliphatic heterocycles. The van der Waals surface area contributed by atoms with Crippen molar-refractivity contribution in [2.24, 2.45) is 22.2 Å². The zero-order chi connectivity index (χ0) is 22.4. The van der Waals surface area contributed by atoms with Gasteiger partial charge in [0.15, 0.2) is 5.76 Å². The van der Waals surface area contributed by atoms with E-state index >= 15 is 0 Å². The minimum atomic E-state index is 0.240. The highest BCUT2D eigenvalue weighted by atomic mass is 35.5. The third kappa shape index (κ3) is 5.91. The van der Waals surface area contributed by atoms with Crippen LogP contribution in [0.15, 0.2) is 62.5 Å². The van der Waals surface area contributed by atoms with Crippen LogP contribution in [0.4, 0.5) is 0 Å². The van der Waals surface area contributed by atoms with Crippen molar-refractivity contribution in [2.75, 3.05) is 46.3 Å². The first-order valence-electron chi connectivity index (χ1n) is 10.4. The van der Waals surface area contributed by atoms with Gasteiger partial charge in [-0.05, 0) is 31.7 Å². The number of likely N-dealkylation sites (N-methyl/N-ethyl adjacent to an activating group) is 1. The van der Waals surface area contributed by atoms with E-state index in [1.807, 2.05) is 43.3 Å². The third-order valence-electron chi connectivity index (χ3n) is 5.37. The Bertz CT molecular complexity index is 971. The Balaban J connectivity index is 1.90. The number of halogens is 1. The second kappa shape index (κ2) is 10.5. The molecule has 6 N–H and O–H groups in total. The van der Waals surface area contributed by atoms with E-state index in [1.165, 1.54) is 0 Å². The molecule has 0 aliphatic carbocycles. The van der Waals surface area contributed by atoms with E-state index in [4.69, 9.17) is 33.2 Å². The van der Waals surface area contributed by atoms with E-state index in [2.05, 4.69) is 21.8 Å². The molecule has 1 aliphatic rings. The Morgan fingerprint density at radius 2 is 1.68 bits per heavy atom. The van der Waals surface area contributed by atoms with Crippen LogP contribution in [-0.2, 0) is 0 Å². The topological polar surface area (TPSA) is 110 Å². The van der Waals surface area contributed by atoms with E-state index in [1.54, 1.807) is 6.07 Å². The normalized spacial score (nSPS) is 18.0. The van der Waals surface area contributed by atoms with Gasteiger partial charge in [-0.25, -0.2) is 0 Å². The van der Waals surface area contributed by atoms with Crippen LogP contribution in [-0.4, -0.2) is 62.0 Å². The molecule has 2 aromatic rings. The first-order valence-corrected chi connectivity index (χ1v) is 10.7. The number of benzene rings is 1. The summed E-state index contributed by atoms with van der Waals surface area (Å²) in [5.74, 6) is 1.45. The number of piperazine rings is 1. The van der Waals surface area contributed by atoms with Gasteiger partial charge >= 0.3 is 0 Å². The van der Waals surface area contributed by atoms with Gasteiger partial charge in [0.1, 0.15) is 11.6 Å². The summed E-state index contributed by atoms with van der Waals surface area (Å²) in [4.78, 5) is 9.26. The molecule has 1 fully saturated rings. The fourth-order valence-corrected chi connectivity index (χ4v) is 3.72. The number of hydrogen-bond acceptors (Lipinski definition) is 6. The molecule has 166 valence electrons. The Labute approximate surface area is 188 Å². The first kappa shape index (κ1) is 22.9. The molecule has 8 heteroatoms. The molecule has 0 atom stereocenters. The van der Waals surface area contributed by atoms with Crippen molar-refractivity contribution in [3.05, 3.63) is 70.2 Å². The maximum atomic E-state index is 6.72. The number of nitrogens with two attached hydrogens (primary N) is 3. The van der Waals surface area contributed by atoms with Gasteiger partial charge in [0, 0.05) is 32.7 Å². The Kier molecular flexibility index (Phi) is 7.79. The number of hydrogen-bond donors (Lipinski definition) is 3. The van der Waals surface area contributed by atoms with Gasteiger partial charge in [-0.15, -0.1) is 0 Å². The highest BCUT2D eigenvalue weighted by Crippen LogP contribution is 2.29. The van der Waals surface area contributed by atoms with Crippen LogP contribution < -0.4 is 17.2 Å². The maximum Gasteiger partial charge on any atom is 0.150 e. The van der Waals surface area contributed by atoms with E-state index in [9.17, 15) is 0 Å². The number of furan rings is 1. The largest absolute Gasteiger partial charge is 0.460 e. The predicted octanol–water partition coefficient (Wildman–Crippen LogP) is 2.43. The van der Waals surface area contributed by atoms with Crippen molar-refractivity contribution in [3.8, 4) is 0 Å². The lowest BCUT2D eigenvalue weighted by Crippen LogP contribution is -2.45. The van der Waals surface area contributed by atoms with E-state index in [0.29, 0.717) is 29.3 Å². The molecule has 2 heterocycles. The SMILES string of the molecule is Cc1ccc(C(N)=C(C(N)=NCCN2CCN(C)CC2)/C(Cl)=C(\N)c2ccccc2)o1. The van der Waals surface area contributed by atoms with Crippen LogP contribution >= 0.6 is 11.6 Å². The molecule has 0 bridgehead atoms. The Morgan fingerprint density at radius 3 is 2.29 bits per heavy atom. The van der Waals surface area contributed by atoms with Crippen LogP contribution in [0.25, 0.3) is 11.4 Å². The van der Waals surface area contributed by atoms with Gasteiger partial charge in [0.05, 0.1) is 28.5 Å². The molecule has 3 rings (SSSR count). The van der Waals surface area contributed by atoms with E-state index < -0.39 is 0 Å². The standard InChI is InChI=1S/C23H31ClN6O/c1-16-8-9-18(31-16)22(26)19(20(24)21(25)17-6-4-3-5-7-17)23(27)28-10-11-30-14-12-29(2)13-15-30/h3-9H,10-15,25-26H2,1-2H3,(H2,27,28)/b21-20+,22-19?. The monoisotopic (exact) mass is 442 g/mol. The van der Waals surface area contributed by atoms with Gasteiger partial charge < -0.3 is 26.5 Å². The zero-order valence-corrected chi connectivity index (χ0v) is 18.9. The molecule has 0 radical (unpaired) electrons. The smallest absolute Gasteiger partial charge is 0.150 e. The Morgan fingerprint density at radius 1 is 1.00 bits per heavy atom. The lowest BCUT2D eigenvalue weighted by Gasteiger charge is -2.31. The average molecular weight is 443 g/mol. The highest BCUT2D eigenvalue weighted by Gasteiger charge is 2.20. The number of aliphatic imine (C=N–C) groups is 1. The van der Waals surface area contributed by atoms with Crippen molar-refractivity contribution in [1.29, 1.82) is 0 Å². The van der Waals surface area contributed by atoms with E-state index in [-0.39, 0.29) is 10.9 Å². The Hall–Kier alpha value is -2.74. The summed E-state index contributed by atoms with van der Waals surface area (Å²) in [7, 11) is 2.13. The molecule has 0 saturated carbocycles. The maximum absolute atomic E-state index is 6.72. The molecule has 1 aromatic carbocycles. The van der Waals surface area contributed by atoms with Gasteiger partial charge in [-0.1, -0.05) is 41.9 Å². The van der Waals surface area contributed by atoms with Crippen molar-refractivity contribution in [3.63, 3.8) is 0 Å². The first-order chi connectivity index (χ1) is 14.9. The number of nitrogens with zero attached hydrogens (tertiary/aromatic N) is 3. The molecule has 7 nitrogen and oxygen atoms in total. The lowest BCUT2D eigenvalue weighted by atomic mass is 10.1. The van der Waals surface area contributed by atoms with Crippen LogP contribution in [0.3, 0.4) is 0 Å². The second-order valence-electron chi connectivity index (χ2n) is 7.70. The minimum absolute atomic E-state index is 0.240. The molecule has 1 saturated heterocycles. The second-order valence-corrected chi connectivity index (χ2v) is 8.08. The van der Waals surface area contributed by atoms with Crippen LogP contribution in [0.2, 0.25) is 0 Å². The summed E-state index contributed by atoms with van der Waals surface area (Å²) in [5.41, 5.74) is 21.0. The molecular formula is C23H31ClN6O. The minimum Gasteiger partial charge on any atom is -0.460 e. The summed E-state index contributed by atoms with van der Waals surface area (Å²) >= 11 is 6.72. The highest BCUT2D eigenvalue weighted by molar-refractivity contribution is 6.39. The van der Waals surface area contributed by atoms with Crippen LogP contribution in [0, 0.1) is 6.92 Å². The summed E-state index contributed by atoms with van der Waals surface area (Å²) < 4.78 is 5.69.